The van der Waals surface area contributed by atoms with Gasteiger partial charge < -0.3 is 4.74 Å². The van der Waals surface area contributed by atoms with E-state index in [-0.39, 0.29) is 0 Å². The van der Waals surface area contributed by atoms with Crippen molar-refractivity contribution < 1.29 is 9.13 Å². The van der Waals surface area contributed by atoms with Crippen molar-refractivity contribution in [3.8, 4) is 17.6 Å². The van der Waals surface area contributed by atoms with Crippen LogP contribution in [0.3, 0.4) is 0 Å². The predicted molar refractivity (Wildman–Crippen MR) is 73.0 cm³/mol. The Kier molecular flexibility index (Phi) is 4.00. The summed E-state index contributed by atoms with van der Waals surface area (Å²) in [6.07, 6.45) is 0. The third kappa shape index (κ3) is 3.09. The summed E-state index contributed by atoms with van der Waals surface area (Å²) in [5.74, 6) is 0.314. The highest BCUT2D eigenvalue weighted by Gasteiger charge is 2.07. The Hall–Kier alpha value is -1.38. The highest BCUT2D eigenvalue weighted by molar-refractivity contribution is 9.10. The summed E-state index contributed by atoms with van der Waals surface area (Å²) in [6, 6.07) is 11.3. The fourth-order valence-corrected chi connectivity index (χ4v) is 2.20. The summed E-state index contributed by atoms with van der Waals surface area (Å²) in [4.78, 5) is 0. The summed E-state index contributed by atoms with van der Waals surface area (Å²) >= 11 is 6.45. The van der Waals surface area contributed by atoms with E-state index in [1.165, 1.54) is 12.1 Å². The van der Waals surface area contributed by atoms with Crippen LogP contribution in [0.2, 0.25) is 0 Å². The van der Waals surface area contributed by atoms with Crippen molar-refractivity contribution in [1.82, 2.24) is 0 Å². The smallest absolute Gasteiger partial charge is 0.145 e. The van der Waals surface area contributed by atoms with Crippen LogP contribution in [0.4, 0.5) is 4.39 Å². The third-order valence-corrected chi connectivity index (χ3v) is 3.08. The summed E-state index contributed by atoms with van der Waals surface area (Å²) in [5.41, 5.74) is 0.379. The fraction of sp³-hybridized carbons (Fsp3) is 0. The SMILES string of the molecule is N#Cc1cc(Br)ccc1Oc1cc(F)cc(Br)c1. The Balaban J connectivity index is 2.37. The van der Waals surface area contributed by atoms with Gasteiger partial charge in [-0.2, -0.15) is 5.26 Å². The summed E-state index contributed by atoms with van der Waals surface area (Å²) < 4.78 is 20.1. The fourth-order valence-electron chi connectivity index (χ4n) is 1.39. The zero-order valence-electron chi connectivity index (χ0n) is 8.95. The van der Waals surface area contributed by atoms with Gasteiger partial charge in [-0.05, 0) is 30.3 Å². The zero-order valence-corrected chi connectivity index (χ0v) is 12.1. The maximum absolute atomic E-state index is 13.2. The predicted octanol–water partition coefficient (Wildman–Crippen LogP) is 5.01. The third-order valence-electron chi connectivity index (χ3n) is 2.13. The molecule has 2 nitrogen and oxygen atoms in total. The largest absolute Gasteiger partial charge is 0.456 e. The van der Waals surface area contributed by atoms with Gasteiger partial charge >= 0.3 is 0 Å². The Morgan fingerprint density at radius 2 is 1.83 bits per heavy atom. The van der Waals surface area contributed by atoms with Crippen molar-refractivity contribution in [2.75, 3.05) is 0 Å². The monoisotopic (exact) mass is 369 g/mol. The molecular formula is C13H6Br2FNO. The van der Waals surface area contributed by atoms with Crippen LogP contribution in [0.1, 0.15) is 5.56 Å². The lowest BCUT2D eigenvalue weighted by Crippen LogP contribution is -1.89. The molecule has 0 amide bonds. The Bertz CT molecular complexity index is 617. The Morgan fingerprint density at radius 3 is 2.50 bits per heavy atom. The molecule has 0 atom stereocenters. The summed E-state index contributed by atoms with van der Waals surface area (Å²) in [6.45, 7) is 0. The first-order valence-corrected chi connectivity index (χ1v) is 6.50. The van der Waals surface area contributed by atoms with Crippen molar-refractivity contribution >= 4 is 31.9 Å². The number of hydrogen-bond acceptors (Lipinski definition) is 2. The second kappa shape index (κ2) is 5.51. The number of benzene rings is 2. The van der Waals surface area contributed by atoms with Crippen molar-refractivity contribution in [2.24, 2.45) is 0 Å². The van der Waals surface area contributed by atoms with Crippen molar-refractivity contribution in [1.29, 1.82) is 5.26 Å². The molecule has 0 radical (unpaired) electrons. The van der Waals surface area contributed by atoms with E-state index in [9.17, 15) is 4.39 Å². The number of halogens is 3. The van der Waals surface area contributed by atoms with Crippen LogP contribution in [-0.2, 0) is 0 Å². The van der Waals surface area contributed by atoms with Crippen LogP contribution < -0.4 is 4.74 Å². The topological polar surface area (TPSA) is 33.0 Å². The van der Waals surface area contributed by atoms with Crippen molar-refractivity contribution in [3.63, 3.8) is 0 Å². The number of nitrogens with zero attached hydrogens (tertiary/aromatic N) is 1. The maximum atomic E-state index is 13.2. The van der Waals surface area contributed by atoms with Crippen LogP contribution in [0.15, 0.2) is 45.3 Å². The van der Waals surface area contributed by atoms with Gasteiger partial charge in [0.05, 0.1) is 5.56 Å². The lowest BCUT2D eigenvalue weighted by atomic mass is 10.2. The molecule has 0 aliphatic rings. The molecule has 0 aromatic heterocycles. The van der Waals surface area contributed by atoms with E-state index in [1.54, 1.807) is 24.3 Å². The lowest BCUT2D eigenvalue weighted by Gasteiger charge is -2.08. The van der Waals surface area contributed by atoms with E-state index in [2.05, 4.69) is 31.9 Å². The lowest BCUT2D eigenvalue weighted by molar-refractivity contribution is 0.474. The normalized spacial score (nSPS) is 9.89. The Labute approximate surface area is 120 Å². The molecule has 0 unspecified atom stereocenters. The molecule has 0 saturated carbocycles. The molecule has 2 rings (SSSR count). The first-order valence-electron chi connectivity index (χ1n) is 4.92. The van der Waals surface area contributed by atoms with Gasteiger partial charge in [0, 0.05) is 15.0 Å². The van der Waals surface area contributed by atoms with Gasteiger partial charge in [-0.15, -0.1) is 0 Å². The number of hydrogen-bond donors (Lipinski definition) is 0. The van der Waals surface area contributed by atoms with Crippen molar-refractivity contribution in [2.45, 2.75) is 0 Å². The summed E-state index contributed by atoms with van der Waals surface area (Å²) in [5, 5.41) is 9.00. The molecular weight excluding hydrogens is 365 g/mol. The van der Waals surface area contributed by atoms with E-state index in [0.717, 1.165) is 4.47 Å². The second-order valence-corrected chi connectivity index (χ2v) is 5.29. The first-order chi connectivity index (χ1) is 8.58. The van der Waals surface area contributed by atoms with Crippen LogP contribution in [0.25, 0.3) is 0 Å². The van der Waals surface area contributed by atoms with Gasteiger partial charge in [-0.3, -0.25) is 0 Å². The average Bonchev–Trinajstić information content (AvgIpc) is 2.30. The van der Waals surface area contributed by atoms with Gasteiger partial charge in [-0.25, -0.2) is 4.39 Å². The highest BCUT2D eigenvalue weighted by atomic mass is 79.9. The van der Waals surface area contributed by atoms with E-state index in [0.29, 0.717) is 21.5 Å². The maximum Gasteiger partial charge on any atom is 0.145 e. The molecule has 0 saturated heterocycles. The molecule has 0 N–H and O–H groups in total. The molecule has 18 heavy (non-hydrogen) atoms. The molecule has 0 fully saturated rings. The number of nitriles is 1. The molecule has 5 heteroatoms. The number of rotatable bonds is 2. The van der Waals surface area contributed by atoms with Crippen LogP contribution >= 0.6 is 31.9 Å². The summed E-state index contributed by atoms with van der Waals surface area (Å²) in [7, 11) is 0. The molecule has 0 spiro atoms. The van der Waals surface area contributed by atoms with Crippen LogP contribution in [0, 0.1) is 17.1 Å². The van der Waals surface area contributed by atoms with Gasteiger partial charge in [0.25, 0.3) is 0 Å². The van der Waals surface area contributed by atoms with Crippen LogP contribution in [0.5, 0.6) is 11.5 Å². The first kappa shape index (κ1) is 13.1. The highest BCUT2D eigenvalue weighted by Crippen LogP contribution is 2.29. The van der Waals surface area contributed by atoms with Crippen LogP contribution in [-0.4, -0.2) is 0 Å². The minimum absolute atomic E-state index is 0.334. The van der Waals surface area contributed by atoms with E-state index >= 15 is 0 Å². The Morgan fingerprint density at radius 1 is 1.06 bits per heavy atom. The van der Waals surface area contributed by atoms with Gasteiger partial charge in [0.15, 0.2) is 0 Å². The molecule has 2 aromatic rings. The van der Waals surface area contributed by atoms with Gasteiger partial charge in [0.2, 0.25) is 0 Å². The van der Waals surface area contributed by atoms with E-state index in [4.69, 9.17) is 10.00 Å². The quantitative estimate of drug-likeness (QED) is 0.743. The van der Waals surface area contributed by atoms with E-state index < -0.39 is 5.82 Å². The zero-order chi connectivity index (χ0) is 13.1. The molecule has 90 valence electrons. The van der Waals surface area contributed by atoms with E-state index in [1.807, 2.05) is 6.07 Å². The second-order valence-electron chi connectivity index (χ2n) is 3.46. The standard InChI is InChI=1S/C13H6Br2FNO/c14-9-1-2-13(8(3-9)7-17)18-12-5-10(15)4-11(16)6-12/h1-6H. The molecule has 0 heterocycles. The average molecular weight is 371 g/mol. The van der Waals surface area contributed by atoms with Gasteiger partial charge in [-0.1, -0.05) is 31.9 Å². The molecule has 0 aliphatic heterocycles. The minimum atomic E-state index is -0.407. The minimum Gasteiger partial charge on any atom is -0.456 e. The molecule has 0 bridgehead atoms. The molecule has 0 aliphatic carbocycles. The van der Waals surface area contributed by atoms with Crippen molar-refractivity contribution in [3.05, 3.63) is 56.7 Å². The molecule has 2 aromatic carbocycles. The number of ether oxygens (including phenoxy) is 1. The van der Waals surface area contributed by atoms with Gasteiger partial charge in [0.1, 0.15) is 23.4 Å².